The summed E-state index contributed by atoms with van der Waals surface area (Å²) in [6.07, 6.45) is 2.38. The molecule has 1 amide bonds. The fraction of sp³-hybridized carbons (Fsp3) is 0.562. The average Bonchev–Trinajstić information content (AvgIpc) is 2.53. The molecule has 0 radical (unpaired) electrons. The van der Waals surface area contributed by atoms with Crippen molar-refractivity contribution < 1.29 is 13.2 Å². The molecular weight excluding hydrogens is 300 g/mol. The molecule has 22 heavy (non-hydrogen) atoms. The summed E-state index contributed by atoms with van der Waals surface area (Å²) >= 11 is 0. The fourth-order valence-corrected chi connectivity index (χ4v) is 4.05. The van der Waals surface area contributed by atoms with Crippen LogP contribution < -0.4 is 10.6 Å². The molecule has 5 nitrogen and oxygen atoms in total. The van der Waals surface area contributed by atoms with E-state index < -0.39 is 9.84 Å². The predicted octanol–water partition coefficient (Wildman–Crippen LogP) is 1.11. The van der Waals surface area contributed by atoms with E-state index in [1.165, 1.54) is 0 Å². The lowest BCUT2D eigenvalue weighted by Crippen LogP contribution is -2.41. The molecule has 1 aliphatic rings. The minimum absolute atomic E-state index is 0.0228. The largest absolute Gasteiger partial charge is 0.356 e. The molecule has 6 heteroatoms. The Bertz CT molecular complexity index is 566. The maximum absolute atomic E-state index is 12.0. The summed E-state index contributed by atoms with van der Waals surface area (Å²) in [5, 5.41) is 6.05. The molecule has 0 saturated carbocycles. The Balaban J connectivity index is 1.68. The molecule has 1 aromatic rings. The normalized spacial score (nSPS) is 18.8. The van der Waals surface area contributed by atoms with E-state index in [1.807, 2.05) is 30.3 Å². The highest BCUT2D eigenvalue weighted by Gasteiger charge is 2.20. The number of piperidine rings is 1. The van der Waals surface area contributed by atoms with Crippen LogP contribution in [0.5, 0.6) is 0 Å². The summed E-state index contributed by atoms with van der Waals surface area (Å²) in [4.78, 5) is 11.9. The molecule has 0 aliphatic carbocycles. The van der Waals surface area contributed by atoms with Crippen molar-refractivity contribution in [1.82, 2.24) is 10.6 Å². The van der Waals surface area contributed by atoms with Crippen molar-refractivity contribution in [2.45, 2.75) is 25.0 Å². The Kier molecular flexibility index (Phi) is 6.39. The zero-order chi connectivity index (χ0) is 15.8. The molecule has 1 saturated heterocycles. The summed E-state index contributed by atoms with van der Waals surface area (Å²) in [6.45, 7) is 2.11. The maximum atomic E-state index is 12.0. The number of amides is 1. The molecule has 1 fully saturated rings. The first-order valence-corrected chi connectivity index (χ1v) is 9.62. The van der Waals surface area contributed by atoms with Crippen LogP contribution in [0.3, 0.4) is 0 Å². The Morgan fingerprint density at radius 1 is 1.27 bits per heavy atom. The Labute approximate surface area is 132 Å². The first kappa shape index (κ1) is 17.0. The second kappa shape index (κ2) is 8.29. The van der Waals surface area contributed by atoms with Gasteiger partial charge in [-0.15, -0.1) is 0 Å². The van der Waals surface area contributed by atoms with Gasteiger partial charge in [-0.25, -0.2) is 8.42 Å². The van der Waals surface area contributed by atoms with Gasteiger partial charge in [-0.05, 0) is 31.4 Å². The van der Waals surface area contributed by atoms with E-state index in [4.69, 9.17) is 0 Å². The Morgan fingerprint density at radius 2 is 2.05 bits per heavy atom. The highest BCUT2D eigenvalue weighted by atomic mass is 32.2. The van der Waals surface area contributed by atoms with E-state index in [1.54, 1.807) is 0 Å². The molecular formula is C16H24N2O3S. The van der Waals surface area contributed by atoms with Gasteiger partial charge in [-0.3, -0.25) is 4.79 Å². The van der Waals surface area contributed by atoms with E-state index >= 15 is 0 Å². The lowest BCUT2D eigenvalue weighted by atomic mass is 9.99. The number of carbonyl (C=O) groups excluding carboxylic acids is 1. The van der Waals surface area contributed by atoms with Gasteiger partial charge in [0.2, 0.25) is 5.91 Å². The van der Waals surface area contributed by atoms with Crippen molar-refractivity contribution >= 4 is 15.7 Å². The summed E-state index contributed by atoms with van der Waals surface area (Å²) in [7, 11) is -3.12. The molecule has 2 rings (SSSR count). The van der Waals surface area contributed by atoms with Crippen LogP contribution in [-0.4, -0.2) is 39.7 Å². The lowest BCUT2D eigenvalue weighted by molar-refractivity contribution is -0.125. The van der Waals surface area contributed by atoms with Gasteiger partial charge < -0.3 is 10.6 Å². The van der Waals surface area contributed by atoms with Gasteiger partial charge in [-0.1, -0.05) is 30.3 Å². The minimum atomic E-state index is -3.12. The molecule has 0 bridgehead atoms. The van der Waals surface area contributed by atoms with Gasteiger partial charge in [0.25, 0.3) is 0 Å². The maximum Gasteiger partial charge on any atom is 0.224 e. The van der Waals surface area contributed by atoms with Gasteiger partial charge in [0.05, 0.1) is 17.4 Å². The molecule has 0 spiro atoms. The van der Waals surface area contributed by atoms with Crippen molar-refractivity contribution in [2.24, 2.45) is 5.92 Å². The van der Waals surface area contributed by atoms with Gasteiger partial charge in [0.1, 0.15) is 0 Å². The smallest absolute Gasteiger partial charge is 0.224 e. The van der Waals surface area contributed by atoms with Crippen molar-refractivity contribution in [3.63, 3.8) is 0 Å². The summed E-state index contributed by atoms with van der Waals surface area (Å²) in [6, 6.07) is 9.17. The third kappa shape index (κ3) is 5.77. The first-order chi connectivity index (χ1) is 10.6. The molecule has 0 aromatic heterocycles. The van der Waals surface area contributed by atoms with Crippen molar-refractivity contribution in [2.75, 3.05) is 25.4 Å². The second-order valence-corrected chi connectivity index (χ2v) is 7.95. The number of rotatable bonds is 7. The van der Waals surface area contributed by atoms with Crippen LogP contribution in [0.1, 0.15) is 24.8 Å². The van der Waals surface area contributed by atoms with Crippen LogP contribution in [0.15, 0.2) is 30.3 Å². The number of nitrogens with one attached hydrogen (secondary N) is 2. The lowest BCUT2D eigenvalue weighted by Gasteiger charge is -2.21. The quantitative estimate of drug-likeness (QED) is 0.737. The number of benzene rings is 1. The van der Waals surface area contributed by atoms with Crippen molar-refractivity contribution in [3.8, 4) is 0 Å². The van der Waals surface area contributed by atoms with Crippen molar-refractivity contribution in [3.05, 3.63) is 35.9 Å². The van der Waals surface area contributed by atoms with Crippen LogP contribution in [0.2, 0.25) is 0 Å². The molecule has 2 N–H and O–H groups in total. The fourth-order valence-electron chi connectivity index (χ4n) is 2.62. The highest BCUT2D eigenvalue weighted by molar-refractivity contribution is 7.90. The first-order valence-electron chi connectivity index (χ1n) is 7.79. The molecule has 1 atom stereocenters. The standard InChI is InChI=1S/C16H24N2O3S/c19-16(15-8-4-9-17-12-15)18-10-5-11-22(20,21)13-14-6-2-1-3-7-14/h1-3,6-7,15,17H,4-5,8-13H2,(H,18,19). The third-order valence-electron chi connectivity index (χ3n) is 3.83. The predicted molar refractivity (Wildman–Crippen MR) is 87.2 cm³/mol. The second-order valence-electron chi connectivity index (χ2n) is 5.77. The van der Waals surface area contributed by atoms with Gasteiger partial charge in [0.15, 0.2) is 9.84 Å². The van der Waals surface area contributed by atoms with Gasteiger partial charge >= 0.3 is 0 Å². The van der Waals surface area contributed by atoms with Gasteiger partial charge in [0, 0.05) is 13.1 Å². The summed E-state index contributed by atoms with van der Waals surface area (Å²) in [5.41, 5.74) is 0.805. The van der Waals surface area contributed by atoms with E-state index in [0.29, 0.717) is 13.0 Å². The molecule has 122 valence electrons. The van der Waals surface area contributed by atoms with E-state index in [-0.39, 0.29) is 23.3 Å². The monoisotopic (exact) mass is 324 g/mol. The number of hydrogen-bond donors (Lipinski definition) is 2. The van der Waals surface area contributed by atoms with Crippen LogP contribution in [0, 0.1) is 5.92 Å². The summed E-state index contributed by atoms with van der Waals surface area (Å²) < 4.78 is 24.0. The van der Waals surface area contributed by atoms with Crippen LogP contribution in [-0.2, 0) is 20.4 Å². The van der Waals surface area contributed by atoms with E-state index in [9.17, 15) is 13.2 Å². The zero-order valence-corrected chi connectivity index (χ0v) is 13.6. The topological polar surface area (TPSA) is 75.3 Å². The molecule has 1 unspecified atom stereocenters. The van der Waals surface area contributed by atoms with Crippen molar-refractivity contribution in [1.29, 1.82) is 0 Å². The number of sulfone groups is 1. The molecule has 1 aliphatic heterocycles. The van der Waals surface area contributed by atoms with Crippen LogP contribution >= 0.6 is 0 Å². The Hall–Kier alpha value is -1.40. The minimum Gasteiger partial charge on any atom is -0.356 e. The highest BCUT2D eigenvalue weighted by Crippen LogP contribution is 2.10. The van der Waals surface area contributed by atoms with E-state index in [2.05, 4.69) is 10.6 Å². The molecule has 1 heterocycles. The Morgan fingerprint density at radius 3 is 2.73 bits per heavy atom. The number of carbonyl (C=O) groups is 1. The van der Waals surface area contributed by atoms with Crippen LogP contribution in [0.25, 0.3) is 0 Å². The SMILES string of the molecule is O=C(NCCCS(=O)(=O)Cc1ccccc1)C1CCCNC1. The zero-order valence-electron chi connectivity index (χ0n) is 12.8. The summed E-state index contributed by atoms with van der Waals surface area (Å²) in [5.74, 6) is 0.224. The third-order valence-corrected chi connectivity index (χ3v) is 5.51. The van der Waals surface area contributed by atoms with Gasteiger partial charge in [-0.2, -0.15) is 0 Å². The number of hydrogen-bond acceptors (Lipinski definition) is 4. The van der Waals surface area contributed by atoms with Crippen LogP contribution in [0.4, 0.5) is 0 Å². The van der Waals surface area contributed by atoms with E-state index in [0.717, 1.165) is 31.5 Å². The molecule has 1 aromatic carbocycles. The average molecular weight is 324 g/mol.